The van der Waals surface area contributed by atoms with Crippen LogP contribution >= 0.6 is 15.6 Å². The summed E-state index contributed by atoms with van der Waals surface area (Å²) in [5.74, 6) is -2.21. The van der Waals surface area contributed by atoms with E-state index in [2.05, 4.69) is 113 Å². The number of carbonyl (C=O) groups is 4. The van der Waals surface area contributed by atoms with Crippen LogP contribution in [0.15, 0.2) is 85.1 Å². The second kappa shape index (κ2) is 69.7. The van der Waals surface area contributed by atoms with E-state index in [1.165, 1.54) is 89.9 Å². The fraction of sp³-hybridized carbons (Fsp3) is 0.766. The van der Waals surface area contributed by atoms with Crippen LogP contribution in [0.3, 0.4) is 0 Å². The zero-order valence-corrected chi connectivity index (χ0v) is 62.3. The summed E-state index contributed by atoms with van der Waals surface area (Å²) in [5, 5.41) is 10.6. The Morgan fingerprint density at radius 1 is 0.302 bits per heavy atom. The molecule has 0 radical (unpaired) electrons. The van der Waals surface area contributed by atoms with E-state index in [0.717, 1.165) is 154 Å². The van der Waals surface area contributed by atoms with E-state index < -0.39 is 97.5 Å². The molecule has 0 saturated heterocycles. The molecule has 0 spiro atoms. The molecule has 5 atom stereocenters. The monoisotopic (exact) mass is 1390 g/mol. The van der Waals surface area contributed by atoms with E-state index in [4.69, 9.17) is 37.0 Å². The zero-order chi connectivity index (χ0) is 70.4. The molecule has 0 aliphatic carbocycles. The lowest BCUT2D eigenvalue weighted by Crippen LogP contribution is -2.30. The predicted molar refractivity (Wildman–Crippen MR) is 390 cm³/mol. The normalized spacial score (nSPS) is 14.4. The van der Waals surface area contributed by atoms with E-state index in [1.54, 1.807) is 0 Å². The zero-order valence-electron chi connectivity index (χ0n) is 60.5. The average Bonchev–Trinajstić information content (AvgIpc) is 1.15. The molecule has 0 aromatic carbocycles. The Morgan fingerprint density at radius 3 is 0.885 bits per heavy atom. The predicted octanol–water partition coefficient (Wildman–Crippen LogP) is 21.4. The van der Waals surface area contributed by atoms with E-state index in [1.807, 2.05) is 0 Å². The van der Waals surface area contributed by atoms with Gasteiger partial charge in [0.15, 0.2) is 12.2 Å². The number of rotatable bonds is 71. The largest absolute Gasteiger partial charge is 0.472 e. The summed E-state index contributed by atoms with van der Waals surface area (Å²) < 4.78 is 68.3. The van der Waals surface area contributed by atoms with Crippen molar-refractivity contribution in [3.8, 4) is 0 Å². The maximum atomic E-state index is 13.0. The number of hydrogen-bond donors (Lipinski definition) is 3. The van der Waals surface area contributed by atoms with Crippen LogP contribution in [0.1, 0.15) is 323 Å². The number of carbonyl (C=O) groups excluding carboxylic acids is 4. The van der Waals surface area contributed by atoms with E-state index in [0.29, 0.717) is 25.7 Å². The fourth-order valence-electron chi connectivity index (χ4n) is 10.0. The molecule has 3 N–H and O–H groups in total. The SMILES string of the molecule is CC/C=C\C/C=C\C/C=C\C/C=C\C/C=C\CCCCCC(=O)OCC(COP(=O)(O)OCC(O)COP(=O)(O)OCC(COC(=O)CCCCCCC/C=C\CCCCCCCC)OC(=O)CCCCCCCCCCCCC)OC(=O)CCCCCCC/C=C\CCCC. The van der Waals surface area contributed by atoms with Gasteiger partial charge in [-0.05, 0) is 116 Å². The molecule has 0 amide bonds. The van der Waals surface area contributed by atoms with Gasteiger partial charge in [-0.15, -0.1) is 0 Å². The van der Waals surface area contributed by atoms with Gasteiger partial charge >= 0.3 is 39.5 Å². The van der Waals surface area contributed by atoms with Crippen LogP contribution in [0.2, 0.25) is 0 Å². The highest BCUT2D eigenvalue weighted by atomic mass is 31.2. The minimum atomic E-state index is -4.98. The van der Waals surface area contributed by atoms with Crippen molar-refractivity contribution in [3.05, 3.63) is 85.1 Å². The third-order valence-electron chi connectivity index (χ3n) is 15.8. The van der Waals surface area contributed by atoms with Crippen LogP contribution in [-0.2, 0) is 65.4 Å². The van der Waals surface area contributed by atoms with Gasteiger partial charge in [-0.2, -0.15) is 0 Å². The van der Waals surface area contributed by atoms with Crippen molar-refractivity contribution in [1.82, 2.24) is 0 Å². The highest BCUT2D eigenvalue weighted by Crippen LogP contribution is 2.45. The Hall–Kier alpha value is -3.76. The Morgan fingerprint density at radius 2 is 0.552 bits per heavy atom. The molecule has 0 saturated carbocycles. The number of aliphatic hydroxyl groups excluding tert-OH is 1. The van der Waals surface area contributed by atoms with Gasteiger partial charge < -0.3 is 33.8 Å². The maximum absolute atomic E-state index is 13.0. The third kappa shape index (κ3) is 68.8. The highest BCUT2D eigenvalue weighted by molar-refractivity contribution is 7.47. The van der Waals surface area contributed by atoms with Gasteiger partial charge in [-0.3, -0.25) is 37.3 Å². The number of hydrogen-bond acceptors (Lipinski definition) is 15. The summed E-state index contributed by atoms with van der Waals surface area (Å²) >= 11 is 0. The van der Waals surface area contributed by atoms with E-state index in [-0.39, 0.29) is 25.7 Å². The maximum Gasteiger partial charge on any atom is 0.472 e. The molecular formula is C77H136O17P2. The molecule has 96 heavy (non-hydrogen) atoms. The van der Waals surface area contributed by atoms with Crippen LogP contribution in [0.5, 0.6) is 0 Å². The van der Waals surface area contributed by atoms with Gasteiger partial charge in [-0.1, -0.05) is 267 Å². The molecule has 0 aliphatic heterocycles. The van der Waals surface area contributed by atoms with Crippen molar-refractivity contribution in [1.29, 1.82) is 0 Å². The molecule has 19 heteroatoms. The van der Waals surface area contributed by atoms with Crippen LogP contribution < -0.4 is 0 Å². The Labute approximate surface area is 583 Å². The molecule has 556 valence electrons. The molecule has 0 fully saturated rings. The second-order valence-electron chi connectivity index (χ2n) is 25.2. The molecular weight excluding hydrogens is 1260 g/mol. The molecule has 0 bridgehead atoms. The summed E-state index contributed by atoms with van der Waals surface area (Å²) in [6.45, 7) is 4.67. The van der Waals surface area contributed by atoms with Gasteiger partial charge in [0.1, 0.15) is 19.3 Å². The number of allylic oxidation sites excluding steroid dienone is 14. The lowest BCUT2D eigenvalue weighted by atomic mass is 10.1. The van der Waals surface area contributed by atoms with E-state index >= 15 is 0 Å². The van der Waals surface area contributed by atoms with Crippen LogP contribution in [0, 0.1) is 0 Å². The molecule has 0 rings (SSSR count). The molecule has 0 aromatic heterocycles. The van der Waals surface area contributed by atoms with Gasteiger partial charge in [-0.25, -0.2) is 9.13 Å². The standard InChI is InChI=1S/C77H136O17P2/c1-5-9-13-17-21-25-29-31-33-34-35-36-38-40-44-46-50-54-58-62-75(80)88-68-73(94-77(82)64-60-56-52-48-42-28-24-20-16-12-8-4)70-92-96(85,86)90-66-71(78)65-89-95(83,84)91-69-72(93-76(81)63-59-55-51-47-41-27-23-19-15-11-7-3)67-87-74(79)61-57-53-49-45-43-39-37-32-30-26-22-18-14-10-6-2/h9,13,20-21,24-25,31-33,35-37,40,44,71-73,78H,5-8,10-12,14-19,22-23,26-30,34,38-39,41-43,45-70H2,1-4H3,(H,83,84)(H,85,86)/b13-9-,24-20-,25-21-,33-31-,36-35-,37-32-,44-40-. The quantitative estimate of drug-likeness (QED) is 0.0169. The molecule has 0 aliphatic rings. The van der Waals surface area contributed by atoms with Crippen LogP contribution in [0.4, 0.5) is 0 Å². The first-order valence-electron chi connectivity index (χ1n) is 37.8. The topological polar surface area (TPSA) is 237 Å². The highest BCUT2D eigenvalue weighted by Gasteiger charge is 2.30. The Bertz CT molecular complexity index is 2160. The number of ether oxygens (including phenoxy) is 4. The second-order valence-corrected chi connectivity index (χ2v) is 28.1. The first kappa shape index (κ1) is 92.2. The minimum absolute atomic E-state index is 0.0776. The van der Waals surface area contributed by atoms with Crippen LogP contribution in [0.25, 0.3) is 0 Å². The van der Waals surface area contributed by atoms with Crippen molar-refractivity contribution in [2.45, 2.75) is 341 Å². The molecule has 0 aromatic rings. The number of unbranched alkanes of at least 4 members (excludes halogenated alkanes) is 31. The van der Waals surface area contributed by atoms with Gasteiger partial charge in [0.25, 0.3) is 0 Å². The smallest absolute Gasteiger partial charge is 0.462 e. The summed E-state index contributed by atoms with van der Waals surface area (Å²) in [6, 6.07) is 0. The molecule has 0 heterocycles. The summed E-state index contributed by atoms with van der Waals surface area (Å²) in [7, 11) is -9.94. The number of phosphoric ester groups is 2. The molecule has 17 nitrogen and oxygen atoms in total. The van der Waals surface area contributed by atoms with Crippen molar-refractivity contribution < 1.29 is 80.2 Å². The first-order chi connectivity index (χ1) is 46.7. The number of phosphoric acid groups is 2. The Kier molecular flexibility index (Phi) is 67.0. The van der Waals surface area contributed by atoms with Crippen molar-refractivity contribution in [2.24, 2.45) is 0 Å². The van der Waals surface area contributed by atoms with Crippen LogP contribution in [-0.4, -0.2) is 96.7 Å². The number of esters is 4. The minimum Gasteiger partial charge on any atom is -0.462 e. The Balaban J connectivity index is 5.30. The summed E-state index contributed by atoms with van der Waals surface area (Å²) in [4.78, 5) is 72.7. The summed E-state index contributed by atoms with van der Waals surface area (Å²) in [6.07, 6.45) is 70.1. The van der Waals surface area contributed by atoms with Gasteiger partial charge in [0, 0.05) is 25.7 Å². The lowest BCUT2D eigenvalue weighted by molar-refractivity contribution is -0.161. The average molecular weight is 1400 g/mol. The third-order valence-corrected chi connectivity index (χ3v) is 17.7. The summed E-state index contributed by atoms with van der Waals surface area (Å²) in [5.41, 5.74) is 0. The fourth-order valence-corrected chi connectivity index (χ4v) is 11.6. The number of aliphatic hydroxyl groups is 1. The van der Waals surface area contributed by atoms with Crippen molar-refractivity contribution >= 4 is 39.5 Å². The van der Waals surface area contributed by atoms with Gasteiger partial charge in [0.2, 0.25) is 0 Å². The molecule has 5 unspecified atom stereocenters. The first-order valence-corrected chi connectivity index (χ1v) is 40.8. The van der Waals surface area contributed by atoms with E-state index in [9.17, 15) is 43.2 Å². The lowest BCUT2D eigenvalue weighted by Gasteiger charge is -2.21. The van der Waals surface area contributed by atoms with Gasteiger partial charge in [0.05, 0.1) is 26.4 Å². The van der Waals surface area contributed by atoms with Crippen molar-refractivity contribution in [3.63, 3.8) is 0 Å². The van der Waals surface area contributed by atoms with Crippen molar-refractivity contribution in [2.75, 3.05) is 39.6 Å².